The zero-order valence-corrected chi connectivity index (χ0v) is 8.27. The van der Waals surface area contributed by atoms with Crippen LogP contribution in [0.25, 0.3) is 0 Å². The van der Waals surface area contributed by atoms with Crippen molar-refractivity contribution in [3.8, 4) is 0 Å². The van der Waals surface area contributed by atoms with Crippen LogP contribution in [0.3, 0.4) is 0 Å². The first-order chi connectivity index (χ1) is 7.24. The standard InChI is InChI=1S/C10H10N2O3/c1-15-10(14)6-2-3-7-8(9(6)13)12-5-4-11-7/h4-6H,2-3H2,1H3. The molecule has 0 radical (unpaired) electrons. The van der Waals surface area contributed by atoms with Gasteiger partial charge in [-0.2, -0.15) is 0 Å². The predicted octanol–water partition coefficient (Wildman–Crippen LogP) is 0.395. The molecule has 0 saturated carbocycles. The van der Waals surface area contributed by atoms with Crippen LogP contribution in [0.1, 0.15) is 22.6 Å². The van der Waals surface area contributed by atoms with E-state index < -0.39 is 11.9 Å². The number of nitrogens with zero attached hydrogens (tertiary/aromatic N) is 2. The molecular formula is C10H10N2O3. The lowest BCUT2D eigenvalue weighted by molar-refractivity contribution is -0.143. The molecular weight excluding hydrogens is 196 g/mol. The molecule has 0 saturated heterocycles. The number of aryl methyl sites for hydroxylation is 1. The maximum Gasteiger partial charge on any atom is 0.316 e. The lowest BCUT2D eigenvalue weighted by Gasteiger charge is -2.19. The van der Waals surface area contributed by atoms with Crippen LogP contribution in [0.4, 0.5) is 0 Å². The first-order valence-corrected chi connectivity index (χ1v) is 4.66. The van der Waals surface area contributed by atoms with E-state index in [2.05, 4.69) is 14.7 Å². The SMILES string of the molecule is COC(=O)C1CCc2nccnc2C1=O. The zero-order valence-electron chi connectivity index (χ0n) is 8.27. The Bertz CT molecular complexity index is 417. The minimum absolute atomic E-state index is 0.281. The predicted molar refractivity (Wildman–Crippen MR) is 50.2 cm³/mol. The molecule has 0 spiro atoms. The number of hydrogen-bond donors (Lipinski definition) is 0. The summed E-state index contributed by atoms with van der Waals surface area (Å²) in [6, 6.07) is 0. The second-order valence-electron chi connectivity index (χ2n) is 3.33. The maximum atomic E-state index is 11.8. The van der Waals surface area contributed by atoms with E-state index in [-0.39, 0.29) is 5.78 Å². The third-order valence-corrected chi connectivity index (χ3v) is 2.48. The van der Waals surface area contributed by atoms with Gasteiger partial charge < -0.3 is 4.74 Å². The van der Waals surface area contributed by atoms with Crippen LogP contribution in [0, 0.1) is 5.92 Å². The largest absolute Gasteiger partial charge is 0.468 e. The Morgan fingerprint density at radius 3 is 2.93 bits per heavy atom. The highest BCUT2D eigenvalue weighted by Crippen LogP contribution is 2.23. The van der Waals surface area contributed by atoms with E-state index in [1.165, 1.54) is 13.3 Å². The summed E-state index contributed by atoms with van der Waals surface area (Å²) in [6.07, 6.45) is 4.05. The molecule has 5 nitrogen and oxygen atoms in total. The summed E-state index contributed by atoms with van der Waals surface area (Å²) < 4.78 is 4.57. The molecule has 1 atom stereocenters. The van der Waals surface area contributed by atoms with E-state index in [1.807, 2.05) is 0 Å². The number of carbonyl (C=O) groups excluding carboxylic acids is 2. The van der Waals surface area contributed by atoms with Gasteiger partial charge in [-0.25, -0.2) is 4.98 Å². The number of esters is 1. The van der Waals surface area contributed by atoms with E-state index in [0.29, 0.717) is 24.2 Å². The van der Waals surface area contributed by atoms with Gasteiger partial charge in [-0.05, 0) is 12.8 Å². The Labute approximate surface area is 86.5 Å². The van der Waals surface area contributed by atoms with Gasteiger partial charge in [0.15, 0.2) is 5.78 Å². The van der Waals surface area contributed by atoms with Crippen molar-refractivity contribution in [2.24, 2.45) is 5.92 Å². The molecule has 1 unspecified atom stereocenters. The average molecular weight is 206 g/mol. The van der Waals surface area contributed by atoms with E-state index in [0.717, 1.165) is 0 Å². The molecule has 1 aromatic rings. The second-order valence-corrected chi connectivity index (χ2v) is 3.33. The minimum Gasteiger partial charge on any atom is -0.468 e. The minimum atomic E-state index is -0.709. The molecule has 0 amide bonds. The molecule has 15 heavy (non-hydrogen) atoms. The van der Waals surface area contributed by atoms with E-state index >= 15 is 0 Å². The highest BCUT2D eigenvalue weighted by Gasteiger charge is 2.34. The van der Waals surface area contributed by atoms with Crippen LogP contribution in [-0.2, 0) is 16.0 Å². The number of ether oxygens (including phenoxy) is 1. The van der Waals surface area contributed by atoms with Gasteiger partial charge in [-0.1, -0.05) is 0 Å². The van der Waals surface area contributed by atoms with E-state index in [4.69, 9.17) is 0 Å². The topological polar surface area (TPSA) is 69.2 Å². The van der Waals surface area contributed by atoms with Crippen molar-refractivity contribution in [3.63, 3.8) is 0 Å². The Balaban J connectivity index is 2.34. The Hall–Kier alpha value is -1.78. The van der Waals surface area contributed by atoms with Gasteiger partial charge in [0, 0.05) is 12.4 Å². The smallest absolute Gasteiger partial charge is 0.316 e. The van der Waals surface area contributed by atoms with Gasteiger partial charge >= 0.3 is 5.97 Å². The quantitative estimate of drug-likeness (QED) is 0.491. The summed E-state index contributed by atoms with van der Waals surface area (Å²) >= 11 is 0. The number of Topliss-reactive ketones (excluding diaryl/α,β-unsaturated/α-hetero) is 1. The normalized spacial score (nSPS) is 19.5. The van der Waals surface area contributed by atoms with Crippen molar-refractivity contribution in [3.05, 3.63) is 23.8 Å². The average Bonchev–Trinajstić information content (AvgIpc) is 2.29. The molecule has 1 aliphatic carbocycles. The van der Waals surface area contributed by atoms with Gasteiger partial charge in [0.25, 0.3) is 0 Å². The molecule has 1 aliphatic rings. The Kier molecular flexibility index (Phi) is 2.45. The van der Waals surface area contributed by atoms with Crippen molar-refractivity contribution in [2.45, 2.75) is 12.8 Å². The highest BCUT2D eigenvalue weighted by molar-refractivity contribution is 6.08. The third-order valence-electron chi connectivity index (χ3n) is 2.48. The molecule has 0 N–H and O–H groups in total. The van der Waals surface area contributed by atoms with Gasteiger partial charge in [-0.3, -0.25) is 14.6 Å². The Morgan fingerprint density at radius 2 is 2.20 bits per heavy atom. The fourth-order valence-corrected chi connectivity index (χ4v) is 1.70. The third kappa shape index (κ3) is 1.60. The molecule has 0 aliphatic heterocycles. The van der Waals surface area contributed by atoms with Crippen LogP contribution in [-0.4, -0.2) is 28.8 Å². The Morgan fingerprint density at radius 1 is 1.47 bits per heavy atom. The number of aromatic nitrogens is 2. The molecule has 0 fully saturated rings. The van der Waals surface area contributed by atoms with Gasteiger partial charge in [-0.15, -0.1) is 0 Å². The first-order valence-electron chi connectivity index (χ1n) is 4.66. The van der Waals surface area contributed by atoms with Crippen molar-refractivity contribution in [2.75, 3.05) is 7.11 Å². The van der Waals surface area contributed by atoms with Gasteiger partial charge in [0.05, 0.1) is 12.8 Å². The van der Waals surface area contributed by atoms with Crippen molar-refractivity contribution in [1.29, 1.82) is 0 Å². The number of rotatable bonds is 1. The molecule has 2 rings (SSSR count). The van der Waals surface area contributed by atoms with Crippen LogP contribution in [0.15, 0.2) is 12.4 Å². The number of methoxy groups -OCH3 is 1. The van der Waals surface area contributed by atoms with Crippen molar-refractivity contribution < 1.29 is 14.3 Å². The monoisotopic (exact) mass is 206 g/mol. The van der Waals surface area contributed by atoms with Crippen LogP contribution in [0.5, 0.6) is 0 Å². The first kappa shape index (κ1) is 9.76. The van der Waals surface area contributed by atoms with Crippen LogP contribution >= 0.6 is 0 Å². The molecule has 1 aromatic heterocycles. The van der Waals surface area contributed by atoms with Crippen LogP contribution in [0.2, 0.25) is 0 Å². The summed E-state index contributed by atoms with van der Waals surface area (Å²) in [5.41, 5.74) is 0.974. The second kappa shape index (κ2) is 3.76. The highest BCUT2D eigenvalue weighted by atomic mass is 16.5. The number of ketones is 1. The molecule has 1 heterocycles. The summed E-state index contributed by atoms with van der Waals surface area (Å²) in [7, 11) is 1.28. The summed E-state index contributed by atoms with van der Waals surface area (Å²) in [6.45, 7) is 0. The number of hydrogen-bond acceptors (Lipinski definition) is 5. The molecule has 78 valence electrons. The molecule has 5 heteroatoms. The lowest BCUT2D eigenvalue weighted by Crippen LogP contribution is -2.31. The lowest BCUT2D eigenvalue weighted by atomic mass is 9.88. The number of carbonyl (C=O) groups is 2. The molecule has 0 aromatic carbocycles. The van der Waals surface area contributed by atoms with Gasteiger partial charge in [0.2, 0.25) is 0 Å². The van der Waals surface area contributed by atoms with Crippen molar-refractivity contribution >= 4 is 11.8 Å². The summed E-state index contributed by atoms with van der Waals surface area (Å²) in [5.74, 6) is -1.48. The summed E-state index contributed by atoms with van der Waals surface area (Å²) in [4.78, 5) is 31.1. The van der Waals surface area contributed by atoms with E-state index in [1.54, 1.807) is 6.20 Å². The fourth-order valence-electron chi connectivity index (χ4n) is 1.70. The maximum absolute atomic E-state index is 11.8. The van der Waals surface area contributed by atoms with Crippen molar-refractivity contribution in [1.82, 2.24) is 9.97 Å². The molecule has 0 bridgehead atoms. The fraction of sp³-hybridized carbons (Fsp3) is 0.400. The van der Waals surface area contributed by atoms with E-state index in [9.17, 15) is 9.59 Å². The zero-order chi connectivity index (χ0) is 10.8. The number of fused-ring (bicyclic) bond motifs is 1. The summed E-state index contributed by atoms with van der Waals surface area (Å²) in [5, 5.41) is 0. The van der Waals surface area contributed by atoms with Crippen LogP contribution < -0.4 is 0 Å². The van der Waals surface area contributed by atoms with Gasteiger partial charge in [0.1, 0.15) is 11.6 Å².